The van der Waals surface area contributed by atoms with Gasteiger partial charge in [0.2, 0.25) is 0 Å². The number of alkyl halides is 4. The van der Waals surface area contributed by atoms with E-state index in [1.165, 1.54) is 30.3 Å². The van der Waals surface area contributed by atoms with Crippen molar-refractivity contribution in [2.45, 2.75) is 19.5 Å². The summed E-state index contributed by atoms with van der Waals surface area (Å²) in [5, 5.41) is 0. The molecule has 0 amide bonds. The van der Waals surface area contributed by atoms with Crippen molar-refractivity contribution in [1.82, 2.24) is 0 Å². The topological polar surface area (TPSA) is 36.9 Å². The minimum atomic E-state index is -3.82. The smallest absolute Gasteiger partial charge is 0.395 e. The van der Waals surface area contributed by atoms with Crippen LogP contribution in [0.3, 0.4) is 0 Å². The lowest BCUT2D eigenvalue weighted by Crippen LogP contribution is -2.26. The van der Waals surface area contributed by atoms with Crippen LogP contribution in [0.15, 0.2) is 30.3 Å². The fraction of sp³-hybridized carbons (Fsp3) is 0.200. The SMILES string of the molecule is Cc1ccc2c(c1-c1cccc3c1OC(F)(F)O3)OC(F)(F)O2. The first-order valence-corrected chi connectivity index (χ1v) is 6.54. The highest BCUT2D eigenvalue weighted by molar-refractivity contribution is 5.83. The monoisotopic (exact) mass is 328 g/mol. The highest BCUT2D eigenvalue weighted by Crippen LogP contribution is 2.54. The van der Waals surface area contributed by atoms with E-state index in [-0.39, 0.29) is 34.1 Å². The molecule has 0 unspecified atom stereocenters. The largest absolute Gasteiger partial charge is 0.586 e. The molecule has 2 aromatic carbocycles. The molecule has 23 heavy (non-hydrogen) atoms. The van der Waals surface area contributed by atoms with Gasteiger partial charge >= 0.3 is 12.6 Å². The third-order valence-electron chi connectivity index (χ3n) is 3.48. The average molecular weight is 328 g/mol. The minimum Gasteiger partial charge on any atom is -0.395 e. The number of halogens is 4. The zero-order chi connectivity index (χ0) is 16.4. The van der Waals surface area contributed by atoms with Crippen LogP contribution in [0.4, 0.5) is 17.6 Å². The molecular formula is C15H8F4O4. The lowest BCUT2D eigenvalue weighted by molar-refractivity contribution is -0.287. The maximum absolute atomic E-state index is 13.3. The molecule has 2 aliphatic heterocycles. The van der Waals surface area contributed by atoms with Gasteiger partial charge in [-0.25, -0.2) is 0 Å². The van der Waals surface area contributed by atoms with Crippen LogP contribution in [0.25, 0.3) is 11.1 Å². The molecule has 120 valence electrons. The summed E-state index contributed by atoms with van der Waals surface area (Å²) in [6.07, 6.45) is -7.63. The van der Waals surface area contributed by atoms with E-state index in [1.807, 2.05) is 0 Å². The number of hydrogen-bond acceptors (Lipinski definition) is 4. The van der Waals surface area contributed by atoms with Crippen molar-refractivity contribution in [2.24, 2.45) is 0 Å². The van der Waals surface area contributed by atoms with Crippen LogP contribution in [0.1, 0.15) is 5.56 Å². The molecule has 0 fully saturated rings. The molecule has 0 atom stereocenters. The van der Waals surface area contributed by atoms with Gasteiger partial charge in [-0.15, -0.1) is 17.6 Å². The summed E-state index contributed by atoms with van der Waals surface area (Å²) >= 11 is 0. The van der Waals surface area contributed by atoms with E-state index in [9.17, 15) is 17.6 Å². The van der Waals surface area contributed by atoms with E-state index in [1.54, 1.807) is 6.92 Å². The Morgan fingerprint density at radius 3 is 2.04 bits per heavy atom. The van der Waals surface area contributed by atoms with Gasteiger partial charge in [0.05, 0.1) is 0 Å². The predicted octanol–water partition coefficient (Wildman–Crippen LogP) is 4.31. The molecule has 4 nitrogen and oxygen atoms in total. The van der Waals surface area contributed by atoms with E-state index >= 15 is 0 Å². The van der Waals surface area contributed by atoms with Crippen molar-refractivity contribution in [2.75, 3.05) is 0 Å². The van der Waals surface area contributed by atoms with E-state index in [2.05, 4.69) is 18.9 Å². The lowest BCUT2D eigenvalue weighted by atomic mass is 9.98. The number of rotatable bonds is 1. The molecule has 0 saturated heterocycles. The van der Waals surface area contributed by atoms with E-state index < -0.39 is 12.6 Å². The van der Waals surface area contributed by atoms with Crippen molar-refractivity contribution in [1.29, 1.82) is 0 Å². The summed E-state index contributed by atoms with van der Waals surface area (Å²) in [5.74, 6) is -0.843. The summed E-state index contributed by atoms with van der Waals surface area (Å²) in [6, 6.07) is 7.04. The molecule has 0 aromatic heterocycles. The highest BCUT2D eigenvalue weighted by atomic mass is 19.3. The van der Waals surface area contributed by atoms with Gasteiger partial charge in [0.25, 0.3) is 0 Å². The molecule has 0 bridgehead atoms. The maximum Gasteiger partial charge on any atom is 0.586 e. The van der Waals surface area contributed by atoms with Crippen LogP contribution in [0.2, 0.25) is 0 Å². The molecule has 2 heterocycles. The first kappa shape index (κ1) is 14.0. The highest BCUT2D eigenvalue weighted by Gasteiger charge is 2.47. The Balaban J connectivity index is 1.93. The lowest BCUT2D eigenvalue weighted by Gasteiger charge is -2.12. The molecule has 0 spiro atoms. The normalized spacial score (nSPS) is 19.0. The number of para-hydroxylation sites is 1. The van der Waals surface area contributed by atoms with Crippen molar-refractivity contribution in [3.05, 3.63) is 35.9 Å². The van der Waals surface area contributed by atoms with Gasteiger partial charge in [-0.1, -0.05) is 18.2 Å². The first-order valence-electron chi connectivity index (χ1n) is 6.54. The van der Waals surface area contributed by atoms with Crippen LogP contribution in [-0.2, 0) is 0 Å². The molecule has 2 aliphatic rings. The summed E-state index contributed by atoms with van der Waals surface area (Å²) < 4.78 is 71.1. The van der Waals surface area contributed by atoms with Crippen LogP contribution in [0, 0.1) is 6.92 Å². The third-order valence-corrected chi connectivity index (χ3v) is 3.48. The number of hydrogen-bond donors (Lipinski definition) is 0. The van der Waals surface area contributed by atoms with Crippen molar-refractivity contribution >= 4 is 0 Å². The van der Waals surface area contributed by atoms with Gasteiger partial charge in [-0.2, -0.15) is 0 Å². The minimum absolute atomic E-state index is 0.148. The Bertz CT molecular complexity index is 819. The van der Waals surface area contributed by atoms with Gasteiger partial charge < -0.3 is 18.9 Å². The Hall–Kier alpha value is -2.64. The second-order valence-electron chi connectivity index (χ2n) is 5.05. The molecule has 0 aliphatic carbocycles. The molecule has 4 rings (SSSR count). The molecule has 0 saturated carbocycles. The van der Waals surface area contributed by atoms with Crippen LogP contribution >= 0.6 is 0 Å². The van der Waals surface area contributed by atoms with Gasteiger partial charge in [-0.05, 0) is 24.6 Å². The van der Waals surface area contributed by atoms with Gasteiger partial charge in [0.1, 0.15) is 0 Å². The Labute approximate surface area is 127 Å². The van der Waals surface area contributed by atoms with Crippen LogP contribution < -0.4 is 18.9 Å². The standard InChI is InChI=1S/C15H8F4O4/c1-7-5-6-10-13(23-15(18,19)21-10)11(7)8-3-2-4-9-12(8)22-14(16,17)20-9/h2-6H,1H3. The number of aryl methyl sites for hydroxylation is 1. The van der Waals surface area contributed by atoms with Crippen LogP contribution in [0.5, 0.6) is 23.0 Å². The van der Waals surface area contributed by atoms with Gasteiger partial charge in [0, 0.05) is 11.1 Å². The Kier molecular flexibility index (Phi) is 2.56. The number of benzene rings is 2. The summed E-state index contributed by atoms with van der Waals surface area (Å²) in [6.45, 7) is 1.63. The second-order valence-corrected chi connectivity index (χ2v) is 5.05. The summed E-state index contributed by atoms with van der Waals surface area (Å²) in [7, 11) is 0. The second kappa shape index (κ2) is 4.21. The van der Waals surface area contributed by atoms with Gasteiger partial charge in [-0.3, -0.25) is 0 Å². The molecule has 0 radical (unpaired) electrons. The van der Waals surface area contributed by atoms with E-state index in [4.69, 9.17) is 0 Å². The summed E-state index contributed by atoms with van der Waals surface area (Å²) in [4.78, 5) is 0. The van der Waals surface area contributed by atoms with Crippen LogP contribution in [-0.4, -0.2) is 12.6 Å². The predicted molar refractivity (Wildman–Crippen MR) is 69.0 cm³/mol. The summed E-state index contributed by atoms with van der Waals surface area (Å²) in [5.41, 5.74) is 0.852. The molecule has 2 aromatic rings. The van der Waals surface area contributed by atoms with Crippen molar-refractivity contribution in [3.8, 4) is 34.1 Å². The Morgan fingerprint density at radius 2 is 1.35 bits per heavy atom. The van der Waals surface area contributed by atoms with Crippen molar-refractivity contribution in [3.63, 3.8) is 0 Å². The first-order chi connectivity index (χ1) is 10.8. The fourth-order valence-electron chi connectivity index (χ4n) is 2.61. The zero-order valence-electron chi connectivity index (χ0n) is 11.5. The quantitative estimate of drug-likeness (QED) is 0.731. The van der Waals surface area contributed by atoms with Crippen molar-refractivity contribution < 1.29 is 36.5 Å². The third kappa shape index (κ3) is 2.13. The van der Waals surface area contributed by atoms with Gasteiger partial charge in [0.15, 0.2) is 23.0 Å². The fourth-order valence-corrected chi connectivity index (χ4v) is 2.61. The Morgan fingerprint density at radius 1 is 0.739 bits per heavy atom. The average Bonchev–Trinajstić information content (AvgIpc) is 2.92. The maximum atomic E-state index is 13.3. The molecular weight excluding hydrogens is 320 g/mol. The van der Waals surface area contributed by atoms with E-state index in [0.29, 0.717) is 5.56 Å². The number of fused-ring (bicyclic) bond motifs is 2. The molecule has 8 heteroatoms. The zero-order valence-corrected chi connectivity index (χ0v) is 11.5. The molecule has 0 N–H and O–H groups in total. The van der Waals surface area contributed by atoms with E-state index in [0.717, 1.165) is 0 Å². The number of ether oxygens (including phenoxy) is 4.